The van der Waals surface area contributed by atoms with Crippen molar-refractivity contribution in [2.45, 2.75) is 38.3 Å². The van der Waals surface area contributed by atoms with Crippen molar-refractivity contribution < 1.29 is 14.3 Å². The summed E-state index contributed by atoms with van der Waals surface area (Å²) in [5, 5.41) is 0. The van der Waals surface area contributed by atoms with Gasteiger partial charge in [-0.3, -0.25) is 14.6 Å². The van der Waals surface area contributed by atoms with Crippen LogP contribution >= 0.6 is 0 Å². The summed E-state index contributed by atoms with van der Waals surface area (Å²) < 4.78 is 5.34. The van der Waals surface area contributed by atoms with E-state index in [-0.39, 0.29) is 18.0 Å². The molecule has 2 unspecified atom stereocenters. The maximum absolute atomic E-state index is 12.4. The van der Waals surface area contributed by atoms with Crippen LogP contribution in [0.4, 0.5) is 10.5 Å². The van der Waals surface area contributed by atoms with Crippen LogP contribution in [0.2, 0.25) is 0 Å². The van der Waals surface area contributed by atoms with Gasteiger partial charge in [-0.2, -0.15) is 0 Å². The van der Waals surface area contributed by atoms with Crippen molar-refractivity contribution in [2.24, 2.45) is 0 Å². The molecule has 0 radical (unpaired) electrons. The molecule has 3 saturated heterocycles. The SMILES string of the molecule is COc1cccc(N2CCN(CCCN3C(=O)C4CCCN4C3=O)C(C)C2)c1. The van der Waals surface area contributed by atoms with E-state index in [0.717, 1.165) is 57.7 Å². The van der Waals surface area contributed by atoms with Crippen LogP contribution in [0.1, 0.15) is 26.2 Å². The van der Waals surface area contributed by atoms with Crippen LogP contribution in [0.25, 0.3) is 0 Å². The lowest BCUT2D eigenvalue weighted by molar-refractivity contribution is -0.128. The van der Waals surface area contributed by atoms with Crippen LogP contribution in [0.3, 0.4) is 0 Å². The summed E-state index contributed by atoms with van der Waals surface area (Å²) in [5.41, 5.74) is 1.19. The van der Waals surface area contributed by atoms with Crippen LogP contribution in [-0.2, 0) is 4.79 Å². The fraction of sp³-hybridized carbons (Fsp3) is 0.619. The standard InChI is InChI=1S/C21H30N4O3/c1-16-15-23(17-6-3-7-18(14-17)28-2)13-12-22(16)9-5-11-25-20(26)19-8-4-10-24(19)21(25)27/h3,6-7,14,16,19H,4-5,8-13,15H2,1-2H3. The molecule has 1 aromatic carbocycles. The topological polar surface area (TPSA) is 56.3 Å². The van der Waals surface area contributed by atoms with E-state index in [4.69, 9.17) is 4.74 Å². The highest BCUT2D eigenvalue weighted by Crippen LogP contribution is 2.28. The smallest absolute Gasteiger partial charge is 0.327 e. The Labute approximate surface area is 166 Å². The lowest BCUT2D eigenvalue weighted by Crippen LogP contribution is -2.52. The predicted octanol–water partition coefficient (Wildman–Crippen LogP) is 2.02. The Kier molecular flexibility index (Phi) is 5.44. The van der Waals surface area contributed by atoms with E-state index in [2.05, 4.69) is 28.9 Å². The number of imide groups is 1. The van der Waals surface area contributed by atoms with Crippen LogP contribution in [-0.4, -0.2) is 85.1 Å². The molecule has 0 spiro atoms. The molecule has 2 atom stereocenters. The Morgan fingerprint density at radius 2 is 2.00 bits per heavy atom. The van der Waals surface area contributed by atoms with Gasteiger partial charge in [-0.15, -0.1) is 0 Å². The van der Waals surface area contributed by atoms with Gasteiger partial charge >= 0.3 is 6.03 Å². The summed E-state index contributed by atoms with van der Waals surface area (Å²) in [6, 6.07) is 8.37. The fourth-order valence-corrected chi connectivity index (χ4v) is 4.69. The highest BCUT2D eigenvalue weighted by atomic mass is 16.5. The maximum Gasteiger partial charge on any atom is 0.327 e. The van der Waals surface area contributed by atoms with Gasteiger partial charge in [-0.05, 0) is 38.3 Å². The minimum absolute atomic E-state index is 0.0124. The number of amides is 3. The van der Waals surface area contributed by atoms with E-state index in [1.54, 1.807) is 12.0 Å². The number of hydrogen-bond donors (Lipinski definition) is 0. The lowest BCUT2D eigenvalue weighted by atomic mass is 10.1. The average molecular weight is 386 g/mol. The lowest BCUT2D eigenvalue weighted by Gasteiger charge is -2.41. The van der Waals surface area contributed by atoms with E-state index in [9.17, 15) is 9.59 Å². The van der Waals surface area contributed by atoms with Crippen molar-refractivity contribution in [3.05, 3.63) is 24.3 Å². The van der Waals surface area contributed by atoms with Gasteiger partial charge in [0.25, 0.3) is 5.91 Å². The zero-order valence-corrected chi connectivity index (χ0v) is 16.8. The number of fused-ring (bicyclic) bond motifs is 1. The summed E-state index contributed by atoms with van der Waals surface area (Å²) in [6.07, 6.45) is 2.61. The number of urea groups is 1. The summed E-state index contributed by atoms with van der Waals surface area (Å²) in [4.78, 5) is 32.9. The normalized spacial score (nSPS) is 25.6. The molecule has 1 aromatic rings. The zero-order valence-electron chi connectivity index (χ0n) is 16.8. The Balaban J connectivity index is 1.26. The number of methoxy groups -OCH3 is 1. The molecule has 152 valence electrons. The molecule has 7 heteroatoms. The van der Waals surface area contributed by atoms with Crippen molar-refractivity contribution in [1.29, 1.82) is 0 Å². The van der Waals surface area contributed by atoms with Gasteiger partial charge < -0.3 is 14.5 Å². The van der Waals surface area contributed by atoms with Crippen molar-refractivity contribution >= 4 is 17.6 Å². The second-order valence-corrected chi connectivity index (χ2v) is 8.01. The Morgan fingerprint density at radius 1 is 1.14 bits per heavy atom. The Bertz CT molecular complexity index is 718. The Hall–Kier alpha value is -2.28. The molecular formula is C21H30N4O3. The number of nitrogens with zero attached hydrogens (tertiary/aromatic N) is 4. The predicted molar refractivity (Wildman–Crippen MR) is 108 cm³/mol. The van der Waals surface area contributed by atoms with Crippen LogP contribution in [0, 0.1) is 0 Å². The van der Waals surface area contributed by atoms with E-state index < -0.39 is 0 Å². The largest absolute Gasteiger partial charge is 0.497 e. The summed E-state index contributed by atoms with van der Waals surface area (Å²) in [6.45, 7) is 7.33. The van der Waals surface area contributed by atoms with Crippen molar-refractivity contribution in [3.63, 3.8) is 0 Å². The number of benzene rings is 1. The highest BCUT2D eigenvalue weighted by Gasteiger charge is 2.46. The van der Waals surface area contributed by atoms with Gasteiger partial charge in [0.15, 0.2) is 0 Å². The van der Waals surface area contributed by atoms with Crippen LogP contribution in [0.5, 0.6) is 5.75 Å². The average Bonchev–Trinajstić information content (AvgIpc) is 3.28. The monoisotopic (exact) mass is 386 g/mol. The molecule has 0 N–H and O–H groups in total. The summed E-state index contributed by atoms with van der Waals surface area (Å²) >= 11 is 0. The van der Waals surface area contributed by atoms with E-state index in [0.29, 0.717) is 12.6 Å². The number of carbonyl (C=O) groups excluding carboxylic acids is 2. The number of rotatable bonds is 6. The number of piperazine rings is 1. The first-order valence-electron chi connectivity index (χ1n) is 10.3. The molecule has 7 nitrogen and oxygen atoms in total. The van der Waals surface area contributed by atoms with Gasteiger partial charge in [0, 0.05) is 57.1 Å². The number of carbonyl (C=O) groups is 2. The molecule has 0 saturated carbocycles. The first-order chi connectivity index (χ1) is 13.6. The maximum atomic E-state index is 12.4. The molecule has 0 aliphatic carbocycles. The van der Waals surface area contributed by atoms with Crippen LogP contribution < -0.4 is 9.64 Å². The molecule has 0 aromatic heterocycles. The van der Waals surface area contributed by atoms with E-state index >= 15 is 0 Å². The number of hydrogen-bond acceptors (Lipinski definition) is 5. The first-order valence-corrected chi connectivity index (χ1v) is 10.3. The molecule has 4 rings (SSSR count). The second kappa shape index (κ2) is 7.99. The molecule has 3 aliphatic rings. The molecule has 3 amide bonds. The number of anilines is 1. The quantitative estimate of drug-likeness (QED) is 0.700. The van der Waals surface area contributed by atoms with Gasteiger partial charge in [0.05, 0.1) is 7.11 Å². The van der Waals surface area contributed by atoms with E-state index in [1.165, 1.54) is 10.6 Å². The highest BCUT2D eigenvalue weighted by molar-refractivity contribution is 6.04. The second-order valence-electron chi connectivity index (χ2n) is 8.01. The van der Waals surface area contributed by atoms with Gasteiger partial charge in [0.1, 0.15) is 11.8 Å². The molecule has 3 aliphatic heterocycles. The fourth-order valence-electron chi connectivity index (χ4n) is 4.69. The van der Waals surface area contributed by atoms with Crippen molar-refractivity contribution in [1.82, 2.24) is 14.7 Å². The minimum atomic E-state index is -0.183. The summed E-state index contributed by atoms with van der Waals surface area (Å²) in [5.74, 6) is 0.895. The van der Waals surface area contributed by atoms with Crippen molar-refractivity contribution in [3.8, 4) is 5.75 Å². The van der Waals surface area contributed by atoms with Gasteiger partial charge in [-0.1, -0.05) is 6.07 Å². The van der Waals surface area contributed by atoms with Gasteiger partial charge in [-0.25, -0.2) is 4.79 Å². The third-order valence-electron chi connectivity index (χ3n) is 6.29. The number of ether oxygens (including phenoxy) is 1. The van der Waals surface area contributed by atoms with Crippen LogP contribution in [0.15, 0.2) is 24.3 Å². The summed E-state index contributed by atoms with van der Waals surface area (Å²) in [7, 11) is 1.69. The molecule has 28 heavy (non-hydrogen) atoms. The Morgan fingerprint density at radius 3 is 2.75 bits per heavy atom. The molecular weight excluding hydrogens is 356 g/mol. The first kappa shape index (κ1) is 19.1. The third-order valence-corrected chi connectivity index (χ3v) is 6.29. The molecule has 3 fully saturated rings. The molecule has 3 heterocycles. The molecule has 0 bridgehead atoms. The zero-order chi connectivity index (χ0) is 19.7. The van der Waals surface area contributed by atoms with E-state index in [1.807, 2.05) is 12.1 Å². The third kappa shape index (κ3) is 3.55. The minimum Gasteiger partial charge on any atom is -0.497 e. The van der Waals surface area contributed by atoms with Gasteiger partial charge in [0.2, 0.25) is 0 Å². The van der Waals surface area contributed by atoms with Crippen molar-refractivity contribution in [2.75, 3.05) is 51.3 Å².